The summed E-state index contributed by atoms with van der Waals surface area (Å²) in [6.07, 6.45) is 4.68. The van der Waals surface area contributed by atoms with Crippen LogP contribution in [0.4, 0.5) is 11.6 Å². The molecule has 0 amide bonds. The van der Waals surface area contributed by atoms with Crippen LogP contribution in [0.15, 0.2) is 6.33 Å². The lowest BCUT2D eigenvalue weighted by molar-refractivity contribution is 0.269. The summed E-state index contributed by atoms with van der Waals surface area (Å²) in [7, 11) is 2.17. The van der Waals surface area contributed by atoms with Crippen LogP contribution in [-0.2, 0) is 6.42 Å². The molecule has 0 unspecified atom stereocenters. The van der Waals surface area contributed by atoms with Gasteiger partial charge in [-0.3, -0.25) is 0 Å². The van der Waals surface area contributed by atoms with E-state index in [9.17, 15) is 0 Å². The van der Waals surface area contributed by atoms with Crippen molar-refractivity contribution < 1.29 is 0 Å². The molecular formula is C14H27N5. The van der Waals surface area contributed by atoms with E-state index < -0.39 is 0 Å². The smallest absolute Gasteiger partial charge is 0.134 e. The number of hydrogen-bond donors (Lipinski definition) is 2. The molecule has 0 fully saturated rings. The van der Waals surface area contributed by atoms with Gasteiger partial charge in [0.05, 0.1) is 0 Å². The number of aromatic nitrogens is 2. The van der Waals surface area contributed by atoms with E-state index in [1.807, 2.05) is 0 Å². The molecule has 5 heteroatoms. The van der Waals surface area contributed by atoms with Gasteiger partial charge in [0, 0.05) is 18.2 Å². The first-order chi connectivity index (χ1) is 9.06. The topological polar surface area (TPSA) is 67.1 Å². The molecule has 0 aromatic carbocycles. The average Bonchev–Trinajstić information content (AvgIpc) is 2.38. The van der Waals surface area contributed by atoms with Crippen LogP contribution in [0, 0.1) is 0 Å². The summed E-state index contributed by atoms with van der Waals surface area (Å²) < 4.78 is 0. The van der Waals surface area contributed by atoms with E-state index in [1.54, 1.807) is 0 Å². The lowest BCUT2D eigenvalue weighted by Gasteiger charge is -2.20. The number of rotatable bonds is 8. The normalized spacial score (nSPS) is 11.3. The molecule has 1 rings (SSSR count). The summed E-state index contributed by atoms with van der Waals surface area (Å²) in [5.74, 6) is 1.46. The molecule has 0 aliphatic carbocycles. The van der Waals surface area contributed by atoms with E-state index in [0.717, 1.165) is 37.3 Å². The van der Waals surface area contributed by atoms with E-state index in [2.05, 4.69) is 48.0 Å². The van der Waals surface area contributed by atoms with Crippen LogP contribution < -0.4 is 11.1 Å². The minimum Gasteiger partial charge on any atom is -0.383 e. The SMILES string of the molecule is CCc1c(N)ncnc1NCCCCN(C)C(C)C. The lowest BCUT2D eigenvalue weighted by Crippen LogP contribution is -2.27. The fourth-order valence-corrected chi connectivity index (χ4v) is 1.88. The van der Waals surface area contributed by atoms with Crippen LogP contribution in [0.5, 0.6) is 0 Å². The Morgan fingerprint density at radius 2 is 2.05 bits per heavy atom. The Balaban J connectivity index is 2.32. The van der Waals surface area contributed by atoms with Gasteiger partial charge in [0.25, 0.3) is 0 Å². The van der Waals surface area contributed by atoms with Crippen molar-refractivity contribution >= 4 is 11.6 Å². The summed E-state index contributed by atoms with van der Waals surface area (Å²) in [6.45, 7) is 8.56. The van der Waals surface area contributed by atoms with E-state index in [1.165, 1.54) is 12.7 Å². The van der Waals surface area contributed by atoms with Crippen molar-refractivity contribution in [3.63, 3.8) is 0 Å². The molecule has 0 aliphatic rings. The third-order valence-corrected chi connectivity index (χ3v) is 3.44. The van der Waals surface area contributed by atoms with Crippen molar-refractivity contribution in [1.29, 1.82) is 0 Å². The molecule has 0 spiro atoms. The molecule has 0 saturated heterocycles. The summed E-state index contributed by atoms with van der Waals surface area (Å²) in [5, 5.41) is 3.36. The summed E-state index contributed by atoms with van der Waals surface area (Å²) in [5.41, 5.74) is 6.85. The van der Waals surface area contributed by atoms with Gasteiger partial charge in [0.15, 0.2) is 0 Å². The summed E-state index contributed by atoms with van der Waals surface area (Å²) >= 11 is 0. The van der Waals surface area contributed by atoms with E-state index in [-0.39, 0.29) is 0 Å². The summed E-state index contributed by atoms with van der Waals surface area (Å²) in [6, 6.07) is 0.612. The second-order valence-corrected chi connectivity index (χ2v) is 5.15. The predicted molar refractivity (Wildman–Crippen MR) is 81.3 cm³/mol. The van der Waals surface area contributed by atoms with Crippen LogP contribution in [0.1, 0.15) is 39.2 Å². The number of anilines is 2. The standard InChI is InChI=1S/C14H27N5/c1-5-12-13(15)17-10-18-14(12)16-8-6-7-9-19(4)11(2)3/h10-11H,5-9H2,1-4H3,(H3,15,16,17,18). The highest BCUT2D eigenvalue weighted by Gasteiger charge is 2.06. The third kappa shape index (κ3) is 5.03. The fraction of sp³-hybridized carbons (Fsp3) is 0.714. The molecule has 0 aliphatic heterocycles. The quantitative estimate of drug-likeness (QED) is 0.705. The Kier molecular flexibility index (Phi) is 6.56. The molecule has 1 aromatic rings. The molecule has 0 bridgehead atoms. The van der Waals surface area contributed by atoms with Gasteiger partial charge in [-0.05, 0) is 46.7 Å². The molecule has 0 radical (unpaired) electrons. The lowest BCUT2D eigenvalue weighted by atomic mass is 10.2. The first kappa shape index (κ1) is 15.7. The van der Waals surface area contributed by atoms with E-state index in [0.29, 0.717) is 11.9 Å². The monoisotopic (exact) mass is 265 g/mol. The predicted octanol–water partition coefficient (Wildman–Crippen LogP) is 2.15. The zero-order valence-electron chi connectivity index (χ0n) is 12.6. The van der Waals surface area contributed by atoms with E-state index >= 15 is 0 Å². The number of hydrogen-bond acceptors (Lipinski definition) is 5. The molecule has 108 valence electrons. The van der Waals surface area contributed by atoms with Gasteiger partial charge in [-0.25, -0.2) is 9.97 Å². The largest absolute Gasteiger partial charge is 0.383 e. The Morgan fingerprint density at radius 1 is 1.32 bits per heavy atom. The minimum atomic E-state index is 0.583. The average molecular weight is 265 g/mol. The molecule has 0 saturated carbocycles. The van der Waals surface area contributed by atoms with Crippen molar-refractivity contribution in [3.8, 4) is 0 Å². The van der Waals surface area contributed by atoms with E-state index in [4.69, 9.17) is 5.73 Å². The maximum Gasteiger partial charge on any atom is 0.134 e. The maximum absolute atomic E-state index is 5.84. The Hall–Kier alpha value is -1.36. The molecule has 3 N–H and O–H groups in total. The van der Waals surface area contributed by atoms with Crippen molar-refractivity contribution in [2.24, 2.45) is 0 Å². The highest BCUT2D eigenvalue weighted by molar-refractivity contribution is 5.54. The second-order valence-electron chi connectivity index (χ2n) is 5.15. The van der Waals surface area contributed by atoms with Crippen LogP contribution in [-0.4, -0.2) is 41.0 Å². The van der Waals surface area contributed by atoms with Gasteiger partial charge in [0.2, 0.25) is 0 Å². The van der Waals surface area contributed by atoms with Gasteiger partial charge in [-0.15, -0.1) is 0 Å². The minimum absolute atomic E-state index is 0.583. The highest BCUT2D eigenvalue weighted by atomic mass is 15.1. The van der Waals surface area contributed by atoms with Crippen LogP contribution >= 0.6 is 0 Å². The Morgan fingerprint density at radius 3 is 2.68 bits per heavy atom. The zero-order valence-corrected chi connectivity index (χ0v) is 12.6. The van der Waals surface area contributed by atoms with Gasteiger partial charge in [-0.1, -0.05) is 6.92 Å². The summed E-state index contributed by atoms with van der Waals surface area (Å²) in [4.78, 5) is 10.6. The number of unbranched alkanes of at least 4 members (excludes halogenated alkanes) is 1. The van der Waals surface area contributed by atoms with Gasteiger partial charge in [-0.2, -0.15) is 0 Å². The second kappa shape index (κ2) is 7.94. The van der Waals surface area contributed by atoms with Gasteiger partial charge < -0.3 is 16.0 Å². The maximum atomic E-state index is 5.84. The van der Waals surface area contributed by atoms with Crippen molar-refractivity contribution in [2.75, 3.05) is 31.2 Å². The van der Waals surface area contributed by atoms with Gasteiger partial charge in [0.1, 0.15) is 18.0 Å². The van der Waals surface area contributed by atoms with Crippen molar-refractivity contribution in [1.82, 2.24) is 14.9 Å². The number of nitrogens with two attached hydrogens (primary N) is 1. The van der Waals surface area contributed by atoms with Crippen LogP contribution in [0.3, 0.4) is 0 Å². The van der Waals surface area contributed by atoms with Crippen molar-refractivity contribution in [3.05, 3.63) is 11.9 Å². The Labute approximate surface area is 116 Å². The molecule has 0 atom stereocenters. The van der Waals surface area contributed by atoms with Crippen LogP contribution in [0.2, 0.25) is 0 Å². The number of nitrogens with one attached hydrogen (secondary N) is 1. The third-order valence-electron chi connectivity index (χ3n) is 3.44. The first-order valence-electron chi connectivity index (χ1n) is 7.09. The van der Waals surface area contributed by atoms with Crippen molar-refractivity contribution in [2.45, 2.75) is 46.1 Å². The molecular weight excluding hydrogens is 238 g/mol. The molecule has 19 heavy (non-hydrogen) atoms. The fourth-order valence-electron chi connectivity index (χ4n) is 1.88. The highest BCUT2D eigenvalue weighted by Crippen LogP contribution is 2.17. The number of nitrogen functional groups attached to an aromatic ring is 1. The first-order valence-corrected chi connectivity index (χ1v) is 7.09. The number of nitrogens with zero attached hydrogens (tertiary/aromatic N) is 3. The zero-order chi connectivity index (χ0) is 14.3. The Bertz CT molecular complexity index is 378. The van der Waals surface area contributed by atoms with Crippen LogP contribution in [0.25, 0.3) is 0 Å². The molecule has 1 heterocycles. The van der Waals surface area contributed by atoms with Gasteiger partial charge >= 0.3 is 0 Å². The molecule has 1 aromatic heterocycles. The molecule has 5 nitrogen and oxygen atoms in total.